The molecule has 0 amide bonds. The normalized spacial score (nSPS) is 41.3. The molecule has 0 radical (unpaired) electrons. The van der Waals surface area contributed by atoms with E-state index in [2.05, 4.69) is 115 Å². The summed E-state index contributed by atoms with van der Waals surface area (Å²) in [6.45, 7) is 20.1. The topological polar surface area (TPSA) is 0 Å². The SMILES string of the molecule is CCC1CC2C(c3ccc(C(C)(C)C)cc3)CCCC2C1[Si](C)(C)C1C2SC(C)=CC2C2C=C(C)SC21. The van der Waals surface area contributed by atoms with E-state index in [1.807, 2.05) is 0 Å². The Kier molecular flexibility index (Phi) is 6.97. The van der Waals surface area contributed by atoms with Gasteiger partial charge in [0.15, 0.2) is 0 Å². The van der Waals surface area contributed by atoms with E-state index in [1.54, 1.807) is 15.4 Å². The zero-order valence-corrected chi connectivity index (χ0v) is 27.2. The van der Waals surface area contributed by atoms with Crippen LogP contribution in [-0.2, 0) is 5.41 Å². The summed E-state index contributed by atoms with van der Waals surface area (Å²) >= 11 is 4.56. The standard InChI is InChI=1S/C34H50S2Si/c1-9-22-19-27-25(23-13-15-24(16-14-23)34(4,5)6)11-10-12-26(27)32(22)37(7,8)33-30-28(17-20(2)35-30)29-18-21(3)36-31(29)33/h13-18,22,25-33H,9-12,19H2,1-8H3. The lowest BCUT2D eigenvalue weighted by molar-refractivity contribution is 0.235. The van der Waals surface area contributed by atoms with Crippen molar-refractivity contribution in [2.75, 3.05) is 0 Å². The quantitative estimate of drug-likeness (QED) is 0.342. The van der Waals surface area contributed by atoms with E-state index in [9.17, 15) is 0 Å². The molecule has 0 nitrogen and oxygen atoms in total. The summed E-state index contributed by atoms with van der Waals surface area (Å²) in [5.41, 5.74) is 5.32. The molecule has 0 bridgehead atoms. The van der Waals surface area contributed by atoms with E-state index in [0.29, 0.717) is 0 Å². The van der Waals surface area contributed by atoms with Crippen molar-refractivity contribution in [1.29, 1.82) is 0 Å². The molecule has 0 N–H and O–H groups in total. The first kappa shape index (κ1) is 26.8. The molecule has 3 saturated carbocycles. The van der Waals surface area contributed by atoms with Gasteiger partial charge in [-0.05, 0) is 99.6 Å². The number of hydrogen-bond acceptors (Lipinski definition) is 2. The van der Waals surface area contributed by atoms with Crippen molar-refractivity contribution >= 4 is 31.6 Å². The lowest BCUT2D eigenvalue weighted by Gasteiger charge is -2.47. The Balaban J connectivity index is 1.31. The fourth-order valence-corrected chi connectivity index (χ4v) is 21.2. The number of allylic oxidation sites excluding steroid dienone is 4. The second-order valence-electron chi connectivity index (χ2n) is 14.9. The van der Waals surface area contributed by atoms with Gasteiger partial charge >= 0.3 is 0 Å². The number of fused-ring (bicyclic) bond motifs is 4. The molecule has 1 aromatic rings. The van der Waals surface area contributed by atoms with Crippen LogP contribution in [0, 0.1) is 29.6 Å². The van der Waals surface area contributed by atoms with Crippen LogP contribution in [0.25, 0.3) is 0 Å². The van der Waals surface area contributed by atoms with Crippen LogP contribution < -0.4 is 0 Å². The third-order valence-corrected chi connectivity index (χ3v) is 19.8. The summed E-state index contributed by atoms with van der Waals surface area (Å²) in [4.78, 5) is 3.22. The molecular formula is C34H50S2Si. The van der Waals surface area contributed by atoms with E-state index >= 15 is 0 Å². The molecule has 5 aliphatic rings. The first-order valence-corrected chi connectivity index (χ1v) is 20.2. The van der Waals surface area contributed by atoms with Crippen molar-refractivity contribution in [2.24, 2.45) is 29.6 Å². The molecule has 9 unspecified atom stereocenters. The summed E-state index contributed by atoms with van der Waals surface area (Å²) in [5, 5.41) is 1.71. The van der Waals surface area contributed by atoms with Crippen LogP contribution >= 0.6 is 23.5 Å². The van der Waals surface area contributed by atoms with Gasteiger partial charge in [-0.1, -0.05) is 96.5 Å². The summed E-state index contributed by atoms with van der Waals surface area (Å²) in [6, 6.07) is 9.92. The molecule has 0 saturated heterocycles. The number of thioether (sulfide) groups is 2. The molecule has 3 fully saturated rings. The highest BCUT2D eigenvalue weighted by molar-refractivity contribution is 8.05. The van der Waals surface area contributed by atoms with Gasteiger partial charge in [-0.25, -0.2) is 0 Å². The van der Waals surface area contributed by atoms with Crippen LogP contribution in [0.15, 0.2) is 46.2 Å². The van der Waals surface area contributed by atoms with Gasteiger partial charge in [0.2, 0.25) is 0 Å². The molecule has 3 heteroatoms. The molecule has 9 atom stereocenters. The smallest absolute Gasteiger partial charge is 0.0566 e. The van der Waals surface area contributed by atoms with Crippen LogP contribution in [0.1, 0.15) is 90.7 Å². The summed E-state index contributed by atoms with van der Waals surface area (Å²) in [5.74, 6) is 5.21. The summed E-state index contributed by atoms with van der Waals surface area (Å²) in [6.07, 6.45) is 12.6. The number of hydrogen-bond donors (Lipinski definition) is 0. The minimum atomic E-state index is -1.53. The zero-order chi connectivity index (χ0) is 26.3. The molecule has 0 aromatic heterocycles. The Labute approximate surface area is 237 Å². The van der Waals surface area contributed by atoms with Crippen molar-refractivity contribution < 1.29 is 0 Å². The van der Waals surface area contributed by atoms with Crippen molar-refractivity contribution in [3.8, 4) is 0 Å². The van der Waals surface area contributed by atoms with E-state index in [4.69, 9.17) is 0 Å². The van der Waals surface area contributed by atoms with E-state index in [1.165, 1.54) is 37.7 Å². The molecule has 0 spiro atoms. The summed E-state index contributed by atoms with van der Waals surface area (Å²) < 4.78 is 0. The van der Waals surface area contributed by atoms with E-state index in [-0.39, 0.29) is 5.41 Å². The molecular weight excluding hydrogens is 501 g/mol. The highest BCUT2D eigenvalue weighted by Gasteiger charge is 2.63. The van der Waals surface area contributed by atoms with Gasteiger partial charge in [0.25, 0.3) is 0 Å². The van der Waals surface area contributed by atoms with Gasteiger partial charge in [-0.2, -0.15) is 0 Å². The average molecular weight is 551 g/mol. The van der Waals surface area contributed by atoms with Gasteiger partial charge in [0.05, 0.1) is 8.07 Å². The first-order chi connectivity index (χ1) is 17.5. The number of rotatable bonds is 4. The van der Waals surface area contributed by atoms with Crippen LogP contribution in [0.5, 0.6) is 0 Å². The Hall–Kier alpha value is -0.383. The molecule has 37 heavy (non-hydrogen) atoms. The average Bonchev–Trinajstić information content (AvgIpc) is 3.57. The van der Waals surface area contributed by atoms with Crippen LogP contribution in [0.3, 0.4) is 0 Å². The van der Waals surface area contributed by atoms with E-state index in [0.717, 1.165) is 57.1 Å². The predicted molar refractivity (Wildman–Crippen MR) is 169 cm³/mol. The maximum absolute atomic E-state index is 2.87. The predicted octanol–water partition coefficient (Wildman–Crippen LogP) is 10.6. The van der Waals surface area contributed by atoms with Gasteiger partial charge in [0, 0.05) is 10.5 Å². The maximum Gasteiger partial charge on any atom is 0.0566 e. The van der Waals surface area contributed by atoms with Crippen molar-refractivity contribution in [2.45, 2.75) is 120 Å². The Morgan fingerprint density at radius 3 is 1.97 bits per heavy atom. The monoisotopic (exact) mass is 550 g/mol. The number of benzene rings is 1. The van der Waals surface area contributed by atoms with E-state index < -0.39 is 8.07 Å². The van der Waals surface area contributed by atoms with Gasteiger partial charge in [-0.15, -0.1) is 23.5 Å². The first-order valence-electron chi connectivity index (χ1n) is 15.3. The third-order valence-electron chi connectivity index (χ3n) is 11.5. The van der Waals surface area contributed by atoms with Gasteiger partial charge in [-0.3, -0.25) is 0 Å². The van der Waals surface area contributed by atoms with Crippen molar-refractivity contribution in [3.63, 3.8) is 0 Å². The highest BCUT2D eigenvalue weighted by Crippen LogP contribution is 2.69. The minimum absolute atomic E-state index is 0.239. The van der Waals surface area contributed by atoms with Crippen LogP contribution in [-0.4, -0.2) is 18.6 Å². The van der Waals surface area contributed by atoms with Gasteiger partial charge < -0.3 is 0 Å². The lowest BCUT2D eigenvalue weighted by atomic mass is 9.70. The molecule has 3 aliphatic carbocycles. The summed E-state index contributed by atoms with van der Waals surface area (Å²) in [7, 11) is -1.53. The van der Waals surface area contributed by atoms with Crippen LogP contribution in [0.2, 0.25) is 24.2 Å². The second kappa shape index (κ2) is 9.62. The third kappa shape index (κ3) is 4.40. The minimum Gasteiger partial charge on any atom is -0.127 e. The Morgan fingerprint density at radius 2 is 1.43 bits per heavy atom. The Morgan fingerprint density at radius 1 is 0.838 bits per heavy atom. The fourth-order valence-electron chi connectivity index (χ4n) is 10.1. The van der Waals surface area contributed by atoms with Crippen molar-refractivity contribution in [1.82, 2.24) is 0 Å². The molecule has 2 aliphatic heterocycles. The molecule has 1 aromatic carbocycles. The maximum atomic E-state index is 2.87. The van der Waals surface area contributed by atoms with Gasteiger partial charge in [0.1, 0.15) is 0 Å². The highest BCUT2D eigenvalue weighted by atomic mass is 32.2. The second-order valence-corrected chi connectivity index (χ2v) is 22.7. The fraction of sp³-hybridized carbons (Fsp3) is 0.706. The zero-order valence-electron chi connectivity index (χ0n) is 24.6. The van der Waals surface area contributed by atoms with Crippen LogP contribution in [0.4, 0.5) is 0 Å². The molecule has 6 rings (SSSR count). The van der Waals surface area contributed by atoms with Crippen molar-refractivity contribution in [3.05, 3.63) is 57.4 Å². The lowest BCUT2D eigenvalue weighted by Crippen LogP contribution is -2.48. The Bertz CT molecular complexity index is 1040. The molecule has 2 heterocycles. The largest absolute Gasteiger partial charge is 0.127 e. The molecule has 202 valence electrons.